The molecule has 0 radical (unpaired) electrons. The highest BCUT2D eigenvalue weighted by atomic mass is 35.5. The van der Waals surface area contributed by atoms with Crippen molar-refractivity contribution >= 4 is 24.2 Å². The van der Waals surface area contributed by atoms with Crippen molar-refractivity contribution in [3.8, 4) is 0 Å². The SMILES string of the molecule is CCC1CCC(C(=O)N2CCCC(CNC(=O)C3CCCN3)C2)O1.Cl. The Morgan fingerprint density at radius 1 is 1.20 bits per heavy atom. The lowest BCUT2D eigenvalue weighted by Gasteiger charge is -2.34. The highest BCUT2D eigenvalue weighted by Crippen LogP contribution is 2.25. The molecular weight excluding hydrogens is 342 g/mol. The van der Waals surface area contributed by atoms with Crippen LogP contribution in [0.3, 0.4) is 0 Å². The number of halogens is 1. The summed E-state index contributed by atoms with van der Waals surface area (Å²) in [6, 6.07) is -0.0239. The number of amides is 2. The first-order valence-corrected chi connectivity index (χ1v) is 9.62. The summed E-state index contributed by atoms with van der Waals surface area (Å²) in [6.07, 6.45) is 6.92. The van der Waals surface area contributed by atoms with E-state index in [4.69, 9.17) is 4.74 Å². The van der Waals surface area contributed by atoms with Crippen LogP contribution in [0.5, 0.6) is 0 Å². The summed E-state index contributed by atoms with van der Waals surface area (Å²) in [4.78, 5) is 26.7. The minimum absolute atomic E-state index is 0. The molecule has 0 aromatic carbocycles. The molecule has 7 heteroatoms. The molecule has 2 N–H and O–H groups in total. The van der Waals surface area contributed by atoms with E-state index in [2.05, 4.69) is 17.6 Å². The standard InChI is InChI=1S/C18H31N3O3.ClH/c1-2-14-7-8-16(24-14)18(23)21-10-4-5-13(12-21)11-20-17(22)15-6-3-9-19-15;/h13-16,19H,2-12H2,1H3,(H,20,22);1H. The van der Waals surface area contributed by atoms with Crippen LogP contribution in [-0.2, 0) is 14.3 Å². The van der Waals surface area contributed by atoms with Gasteiger partial charge in [0.1, 0.15) is 6.10 Å². The van der Waals surface area contributed by atoms with Gasteiger partial charge in [-0.15, -0.1) is 12.4 Å². The molecule has 0 aromatic rings. The molecule has 6 nitrogen and oxygen atoms in total. The van der Waals surface area contributed by atoms with Crippen molar-refractivity contribution in [3.63, 3.8) is 0 Å². The van der Waals surface area contributed by atoms with Crippen LogP contribution in [0.1, 0.15) is 51.9 Å². The predicted octanol–water partition coefficient (Wildman–Crippen LogP) is 1.47. The number of carbonyl (C=O) groups is 2. The van der Waals surface area contributed by atoms with Gasteiger partial charge in [0.05, 0.1) is 12.1 Å². The van der Waals surface area contributed by atoms with Crippen molar-refractivity contribution in [2.75, 3.05) is 26.2 Å². The normalized spacial score (nSPS) is 32.3. The van der Waals surface area contributed by atoms with E-state index in [0.29, 0.717) is 12.5 Å². The van der Waals surface area contributed by atoms with Gasteiger partial charge in [0.2, 0.25) is 5.91 Å². The Morgan fingerprint density at radius 3 is 2.72 bits per heavy atom. The van der Waals surface area contributed by atoms with Gasteiger partial charge in [0, 0.05) is 19.6 Å². The summed E-state index contributed by atoms with van der Waals surface area (Å²) in [5.41, 5.74) is 0. The lowest BCUT2D eigenvalue weighted by molar-refractivity contribution is -0.144. The lowest BCUT2D eigenvalue weighted by atomic mass is 9.97. The second kappa shape index (κ2) is 9.74. The second-order valence-electron chi connectivity index (χ2n) is 7.42. The fourth-order valence-corrected chi connectivity index (χ4v) is 4.10. The Morgan fingerprint density at radius 2 is 2.04 bits per heavy atom. The van der Waals surface area contributed by atoms with Crippen LogP contribution in [0.4, 0.5) is 0 Å². The average Bonchev–Trinajstić information content (AvgIpc) is 3.30. The fraction of sp³-hybridized carbons (Fsp3) is 0.889. The molecule has 3 fully saturated rings. The molecule has 0 aromatic heterocycles. The summed E-state index contributed by atoms with van der Waals surface area (Å²) in [5.74, 6) is 0.622. The second-order valence-corrected chi connectivity index (χ2v) is 7.42. The van der Waals surface area contributed by atoms with Crippen molar-refractivity contribution in [3.05, 3.63) is 0 Å². The molecule has 0 bridgehead atoms. The Kier molecular flexibility index (Phi) is 7.97. The first kappa shape index (κ1) is 20.5. The summed E-state index contributed by atoms with van der Waals surface area (Å²) in [7, 11) is 0. The molecule has 0 aliphatic carbocycles. The molecule has 3 aliphatic rings. The molecule has 4 atom stereocenters. The minimum atomic E-state index is -0.244. The van der Waals surface area contributed by atoms with Crippen molar-refractivity contribution < 1.29 is 14.3 Å². The molecule has 2 amide bonds. The van der Waals surface area contributed by atoms with E-state index in [9.17, 15) is 9.59 Å². The van der Waals surface area contributed by atoms with Crippen LogP contribution < -0.4 is 10.6 Å². The van der Waals surface area contributed by atoms with Crippen LogP contribution in [0.2, 0.25) is 0 Å². The summed E-state index contributed by atoms with van der Waals surface area (Å²) < 4.78 is 5.86. The van der Waals surface area contributed by atoms with E-state index in [1.54, 1.807) is 0 Å². The molecular formula is C18H32ClN3O3. The summed E-state index contributed by atoms with van der Waals surface area (Å²) in [6.45, 7) is 5.28. The maximum Gasteiger partial charge on any atom is 0.251 e. The number of likely N-dealkylation sites (tertiary alicyclic amines) is 1. The van der Waals surface area contributed by atoms with Crippen molar-refractivity contribution in [1.82, 2.24) is 15.5 Å². The molecule has 144 valence electrons. The fourth-order valence-electron chi connectivity index (χ4n) is 4.10. The van der Waals surface area contributed by atoms with E-state index in [-0.39, 0.29) is 42.5 Å². The molecule has 3 rings (SSSR count). The van der Waals surface area contributed by atoms with Gasteiger partial charge >= 0.3 is 0 Å². The zero-order chi connectivity index (χ0) is 16.9. The maximum atomic E-state index is 12.7. The van der Waals surface area contributed by atoms with Crippen molar-refractivity contribution in [2.24, 2.45) is 5.92 Å². The first-order valence-electron chi connectivity index (χ1n) is 9.62. The van der Waals surface area contributed by atoms with Gasteiger partial charge in [-0.25, -0.2) is 0 Å². The number of nitrogens with one attached hydrogen (secondary N) is 2. The average molecular weight is 374 g/mol. The van der Waals surface area contributed by atoms with E-state index in [0.717, 1.165) is 64.6 Å². The van der Waals surface area contributed by atoms with Crippen molar-refractivity contribution in [2.45, 2.75) is 70.1 Å². The summed E-state index contributed by atoms with van der Waals surface area (Å²) in [5, 5.41) is 6.29. The van der Waals surface area contributed by atoms with Crippen LogP contribution in [-0.4, -0.2) is 61.1 Å². The number of hydrogen-bond acceptors (Lipinski definition) is 4. The molecule has 25 heavy (non-hydrogen) atoms. The Hall–Kier alpha value is -0.850. The number of nitrogens with zero attached hydrogens (tertiary/aromatic N) is 1. The third-order valence-corrected chi connectivity index (χ3v) is 5.61. The molecule has 0 spiro atoms. The van der Waals surface area contributed by atoms with Gasteiger partial charge in [0.25, 0.3) is 5.91 Å². The third-order valence-electron chi connectivity index (χ3n) is 5.61. The van der Waals surface area contributed by atoms with Crippen LogP contribution in [0.15, 0.2) is 0 Å². The molecule has 3 aliphatic heterocycles. The minimum Gasteiger partial charge on any atom is -0.365 e. The molecule has 0 saturated carbocycles. The van der Waals surface area contributed by atoms with Gasteiger partial charge in [-0.05, 0) is 57.4 Å². The number of piperidine rings is 1. The zero-order valence-electron chi connectivity index (χ0n) is 15.2. The first-order chi connectivity index (χ1) is 11.7. The zero-order valence-corrected chi connectivity index (χ0v) is 16.0. The van der Waals surface area contributed by atoms with Gasteiger partial charge < -0.3 is 20.3 Å². The summed E-state index contributed by atoms with van der Waals surface area (Å²) >= 11 is 0. The van der Waals surface area contributed by atoms with Crippen LogP contribution in [0, 0.1) is 5.92 Å². The monoisotopic (exact) mass is 373 g/mol. The van der Waals surface area contributed by atoms with E-state index in [1.165, 1.54) is 0 Å². The van der Waals surface area contributed by atoms with Gasteiger partial charge in [-0.1, -0.05) is 6.92 Å². The van der Waals surface area contributed by atoms with E-state index in [1.807, 2.05) is 4.90 Å². The van der Waals surface area contributed by atoms with Crippen molar-refractivity contribution in [1.29, 1.82) is 0 Å². The highest BCUT2D eigenvalue weighted by Gasteiger charge is 2.34. The predicted molar refractivity (Wildman–Crippen MR) is 98.8 cm³/mol. The lowest BCUT2D eigenvalue weighted by Crippen LogP contribution is -2.48. The Bertz CT molecular complexity index is 457. The Labute approximate surface area is 156 Å². The van der Waals surface area contributed by atoms with E-state index >= 15 is 0 Å². The number of ether oxygens (including phenoxy) is 1. The van der Waals surface area contributed by atoms with Crippen LogP contribution >= 0.6 is 12.4 Å². The molecule has 3 saturated heterocycles. The largest absolute Gasteiger partial charge is 0.365 e. The molecule has 3 heterocycles. The molecule has 4 unspecified atom stereocenters. The smallest absolute Gasteiger partial charge is 0.251 e. The Balaban J connectivity index is 0.00000225. The van der Waals surface area contributed by atoms with Gasteiger partial charge in [0.15, 0.2) is 0 Å². The van der Waals surface area contributed by atoms with Gasteiger partial charge in [-0.3, -0.25) is 9.59 Å². The number of hydrogen-bond donors (Lipinski definition) is 2. The maximum absolute atomic E-state index is 12.7. The third kappa shape index (κ3) is 5.31. The number of rotatable bonds is 5. The van der Waals surface area contributed by atoms with Crippen LogP contribution in [0.25, 0.3) is 0 Å². The quantitative estimate of drug-likeness (QED) is 0.765. The topological polar surface area (TPSA) is 70.7 Å². The van der Waals surface area contributed by atoms with E-state index < -0.39 is 0 Å². The van der Waals surface area contributed by atoms with Gasteiger partial charge in [-0.2, -0.15) is 0 Å². The highest BCUT2D eigenvalue weighted by molar-refractivity contribution is 5.85. The number of carbonyl (C=O) groups excluding carboxylic acids is 2.